The molecule has 0 saturated carbocycles. The molecule has 0 aromatic heterocycles. The van der Waals surface area contributed by atoms with Crippen LogP contribution in [0.4, 0.5) is 0 Å². The van der Waals surface area contributed by atoms with Gasteiger partial charge in [0.05, 0.1) is 5.60 Å². The van der Waals surface area contributed by atoms with Crippen molar-refractivity contribution in [1.29, 1.82) is 0 Å². The first-order valence-corrected chi connectivity index (χ1v) is 6.96. The second kappa shape index (κ2) is 3.61. The molecule has 1 aromatic carbocycles. The van der Waals surface area contributed by atoms with Crippen LogP contribution in [-0.4, -0.2) is 26.6 Å². The summed E-state index contributed by atoms with van der Waals surface area (Å²) >= 11 is 0. The summed E-state index contributed by atoms with van der Waals surface area (Å²) in [6.45, 7) is 3.05. The molecule has 17 heavy (non-hydrogen) atoms. The second-order valence-electron chi connectivity index (χ2n) is 4.51. The molecule has 1 aliphatic rings. The lowest BCUT2D eigenvalue weighted by Crippen LogP contribution is -2.20. The number of benzene rings is 1. The van der Waals surface area contributed by atoms with Crippen molar-refractivity contribution in [2.45, 2.75) is 24.3 Å². The molecule has 2 rings (SSSR count). The standard InChI is InChI=1S/C11H14O5S/c1-11(2,12)7-4-5-8-9(16-6-15-8)10(7)17(3,13)14/h4-5,12H,6H2,1-3H3. The van der Waals surface area contributed by atoms with E-state index in [0.717, 1.165) is 6.26 Å². The Kier molecular flexibility index (Phi) is 2.59. The molecular formula is C11H14O5S. The third-order valence-corrected chi connectivity index (χ3v) is 3.67. The molecule has 6 heteroatoms. The van der Waals surface area contributed by atoms with Crippen LogP contribution in [0, 0.1) is 0 Å². The van der Waals surface area contributed by atoms with E-state index in [1.165, 1.54) is 13.8 Å². The Morgan fingerprint density at radius 1 is 1.29 bits per heavy atom. The minimum atomic E-state index is -3.51. The van der Waals surface area contributed by atoms with Crippen molar-refractivity contribution in [2.75, 3.05) is 13.0 Å². The number of ether oxygens (including phenoxy) is 2. The van der Waals surface area contributed by atoms with E-state index in [1.54, 1.807) is 12.1 Å². The third kappa shape index (κ3) is 2.10. The largest absolute Gasteiger partial charge is 0.454 e. The van der Waals surface area contributed by atoms with Crippen LogP contribution in [-0.2, 0) is 15.4 Å². The normalized spacial score (nSPS) is 15.1. The van der Waals surface area contributed by atoms with Gasteiger partial charge in [-0.15, -0.1) is 0 Å². The molecule has 0 unspecified atom stereocenters. The van der Waals surface area contributed by atoms with Gasteiger partial charge in [0.1, 0.15) is 4.90 Å². The Hall–Kier alpha value is -1.27. The Bertz CT molecular complexity index is 554. The summed E-state index contributed by atoms with van der Waals surface area (Å²) in [5.74, 6) is 0.575. The van der Waals surface area contributed by atoms with Gasteiger partial charge in [-0.3, -0.25) is 0 Å². The van der Waals surface area contributed by atoms with Gasteiger partial charge in [-0.1, -0.05) is 6.07 Å². The fraction of sp³-hybridized carbons (Fsp3) is 0.455. The molecule has 0 radical (unpaired) electrons. The average Bonchev–Trinajstić information content (AvgIpc) is 2.59. The third-order valence-electron chi connectivity index (χ3n) is 2.52. The molecular weight excluding hydrogens is 244 g/mol. The molecule has 0 fully saturated rings. The monoisotopic (exact) mass is 258 g/mol. The van der Waals surface area contributed by atoms with Crippen molar-refractivity contribution in [2.24, 2.45) is 0 Å². The average molecular weight is 258 g/mol. The topological polar surface area (TPSA) is 72.8 Å². The summed E-state index contributed by atoms with van der Waals surface area (Å²) in [4.78, 5) is 0.000000000000000222. The summed E-state index contributed by atoms with van der Waals surface area (Å²) in [5, 5.41) is 10.0. The first-order chi connectivity index (χ1) is 7.71. The second-order valence-corrected chi connectivity index (χ2v) is 6.46. The van der Waals surface area contributed by atoms with E-state index in [0.29, 0.717) is 11.3 Å². The van der Waals surface area contributed by atoms with Gasteiger partial charge < -0.3 is 14.6 Å². The summed E-state index contributed by atoms with van der Waals surface area (Å²) in [6.07, 6.45) is 1.08. The van der Waals surface area contributed by atoms with E-state index in [4.69, 9.17) is 9.47 Å². The van der Waals surface area contributed by atoms with E-state index in [-0.39, 0.29) is 17.4 Å². The Morgan fingerprint density at radius 3 is 2.47 bits per heavy atom. The maximum atomic E-state index is 11.8. The Labute approximate surface area is 99.9 Å². The van der Waals surface area contributed by atoms with Crippen molar-refractivity contribution in [1.82, 2.24) is 0 Å². The summed E-state index contributed by atoms with van der Waals surface area (Å²) in [7, 11) is -3.51. The molecule has 0 spiro atoms. The van der Waals surface area contributed by atoms with E-state index in [2.05, 4.69) is 0 Å². The smallest absolute Gasteiger partial charge is 0.231 e. The minimum absolute atomic E-state index is 0.000000000000000222. The first-order valence-electron chi connectivity index (χ1n) is 5.07. The summed E-state index contributed by atoms with van der Waals surface area (Å²) in [6, 6.07) is 3.15. The molecule has 0 aliphatic carbocycles. The van der Waals surface area contributed by atoms with Crippen molar-refractivity contribution >= 4 is 9.84 Å². The Morgan fingerprint density at radius 2 is 1.94 bits per heavy atom. The highest BCUT2D eigenvalue weighted by Gasteiger charge is 2.32. The van der Waals surface area contributed by atoms with Crippen molar-refractivity contribution in [3.63, 3.8) is 0 Å². The number of aliphatic hydroxyl groups is 1. The Balaban J connectivity index is 2.80. The van der Waals surface area contributed by atoms with E-state index < -0.39 is 15.4 Å². The van der Waals surface area contributed by atoms with Gasteiger partial charge in [-0.05, 0) is 19.9 Å². The molecule has 5 nitrogen and oxygen atoms in total. The van der Waals surface area contributed by atoms with Gasteiger partial charge in [0.25, 0.3) is 0 Å². The van der Waals surface area contributed by atoms with Crippen LogP contribution in [0.3, 0.4) is 0 Å². The van der Waals surface area contributed by atoms with Crippen LogP contribution in [0.15, 0.2) is 17.0 Å². The molecule has 94 valence electrons. The van der Waals surface area contributed by atoms with E-state index >= 15 is 0 Å². The number of fused-ring (bicyclic) bond motifs is 1. The van der Waals surface area contributed by atoms with Crippen LogP contribution < -0.4 is 9.47 Å². The van der Waals surface area contributed by atoms with Gasteiger partial charge in [0.2, 0.25) is 6.79 Å². The molecule has 0 atom stereocenters. The summed E-state index contributed by atoms with van der Waals surface area (Å²) < 4.78 is 33.9. The lowest BCUT2D eigenvalue weighted by molar-refractivity contribution is 0.0749. The zero-order chi connectivity index (χ0) is 12.8. The SMILES string of the molecule is CC(C)(O)c1ccc2c(c1S(C)(=O)=O)OCO2. The van der Waals surface area contributed by atoms with E-state index in [1.807, 2.05) is 0 Å². The molecule has 0 amide bonds. The fourth-order valence-electron chi connectivity index (χ4n) is 1.80. The lowest BCUT2D eigenvalue weighted by Gasteiger charge is -2.21. The molecule has 1 aliphatic heterocycles. The number of hydrogen-bond acceptors (Lipinski definition) is 5. The number of sulfone groups is 1. The quantitative estimate of drug-likeness (QED) is 0.858. The first kappa shape index (κ1) is 12.2. The fourth-order valence-corrected chi connectivity index (χ4v) is 3.01. The highest BCUT2D eigenvalue weighted by molar-refractivity contribution is 7.90. The van der Waals surface area contributed by atoms with Gasteiger partial charge in [-0.2, -0.15) is 0 Å². The highest BCUT2D eigenvalue weighted by Crippen LogP contribution is 2.43. The maximum absolute atomic E-state index is 11.8. The van der Waals surface area contributed by atoms with Crippen LogP contribution in [0.25, 0.3) is 0 Å². The molecule has 1 N–H and O–H groups in total. The predicted molar refractivity (Wildman–Crippen MR) is 60.9 cm³/mol. The predicted octanol–water partition coefficient (Wildman–Crippen LogP) is 1.05. The van der Waals surface area contributed by atoms with Gasteiger partial charge in [-0.25, -0.2) is 8.42 Å². The van der Waals surface area contributed by atoms with Crippen LogP contribution in [0.2, 0.25) is 0 Å². The highest BCUT2D eigenvalue weighted by atomic mass is 32.2. The maximum Gasteiger partial charge on any atom is 0.231 e. The summed E-state index contributed by atoms with van der Waals surface area (Å²) in [5.41, 5.74) is -0.955. The van der Waals surface area contributed by atoms with Gasteiger partial charge in [0, 0.05) is 11.8 Å². The van der Waals surface area contributed by atoms with Gasteiger partial charge in [0.15, 0.2) is 21.3 Å². The van der Waals surface area contributed by atoms with E-state index in [9.17, 15) is 13.5 Å². The molecule has 0 saturated heterocycles. The van der Waals surface area contributed by atoms with Crippen LogP contribution >= 0.6 is 0 Å². The van der Waals surface area contributed by atoms with Crippen molar-refractivity contribution < 1.29 is 23.0 Å². The minimum Gasteiger partial charge on any atom is -0.454 e. The lowest BCUT2D eigenvalue weighted by atomic mass is 9.98. The molecule has 1 aromatic rings. The van der Waals surface area contributed by atoms with Crippen LogP contribution in [0.5, 0.6) is 11.5 Å². The van der Waals surface area contributed by atoms with Crippen LogP contribution in [0.1, 0.15) is 19.4 Å². The molecule has 0 bridgehead atoms. The zero-order valence-electron chi connectivity index (χ0n) is 9.85. The number of hydrogen-bond donors (Lipinski definition) is 1. The molecule has 1 heterocycles. The zero-order valence-corrected chi connectivity index (χ0v) is 10.7. The van der Waals surface area contributed by atoms with Crippen molar-refractivity contribution in [3.05, 3.63) is 17.7 Å². The number of rotatable bonds is 2. The van der Waals surface area contributed by atoms with Gasteiger partial charge >= 0.3 is 0 Å². The van der Waals surface area contributed by atoms with Crippen molar-refractivity contribution in [3.8, 4) is 11.5 Å².